The summed E-state index contributed by atoms with van der Waals surface area (Å²) in [5.41, 5.74) is 13.3. The van der Waals surface area contributed by atoms with Gasteiger partial charge in [-0.05, 0) is 30.7 Å². The number of hydrogen-bond donors (Lipinski definition) is 1. The second-order valence-corrected chi connectivity index (χ2v) is 3.83. The Bertz CT molecular complexity index is 221. The average Bonchev–Trinajstić information content (AvgIpc) is 2.09. The molecule has 0 saturated heterocycles. The first kappa shape index (κ1) is 12.8. The van der Waals surface area contributed by atoms with Gasteiger partial charge in [0.2, 0.25) is 5.91 Å². The molecule has 0 rings (SSSR count). The van der Waals surface area contributed by atoms with Crippen LogP contribution in [0.5, 0.6) is 0 Å². The summed E-state index contributed by atoms with van der Waals surface area (Å²) in [7, 11) is 0. The summed E-state index contributed by atoms with van der Waals surface area (Å²) in [6.45, 7) is 4.56. The third-order valence-corrected chi connectivity index (χ3v) is 2.03. The molecule has 0 aliphatic carbocycles. The number of rotatable bonds is 7. The number of azide groups is 1. The van der Waals surface area contributed by atoms with Crippen molar-refractivity contribution >= 4 is 5.91 Å². The maximum Gasteiger partial charge on any atom is 0.220 e. The fourth-order valence-electron chi connectivity index (χ4n) is 1.40. The Hall–Kier alpha value is -1.22. The molecule has 0 fully saturated rings. The summed E-state index contributed by atoms with van der Waals surface area (Å²) >= 11 is 0. The smallest absolute Gasteiger partial charge is 0.220 e. The molecule has 2 N–H and O–H groups in total. The van der Waals surface area contributed by atoms with E-state index in [1.807, 2.05) is 0 Å². The molecular weight excluding hydrogens is 180 g/mol. The maximum absolute atomic E-state index is 11.0. The summed E-state index contributed by atoms with van der Waals surface area (Å²) in [4.78, 5) is 13.7. The quantitative estimate of drug-likeness (QED) is 0.289. The number of hydrogen-bond acceptors (Lipinski definition) is 2. The summed E-state index contributed by atoms with van der Waals surface area (Å²) in [6.07, 6.45) is 2.25. The van der Waals surface area contributed by atoms with E-state index in [4.69, 9.17) is 11.3 Å². The van der Waals surface area contributed by atoms with Gasteiger partial charge in [0.25, 0.3) is 0 Å². The zero-order valence-corrected chi connectivity index (χ0v) is 8.81. The van der Waals surface area contributed by atoms with Gasteiger partial charge in [-0.2, -0.15) is 0 Å². The Labute approximate surface area is 84.3 Å². The minimum atomic E-state index is -0.250. The van der Waals surface area contributed by atoms with Crippen molar-refractivity contribution in [3.8, 4) is 0 Å². The third-order valence-electron chi connectivity index (χ3n) is 2.03. The molecule has 14 heavy (non-hydrogen) atoms. The van der Waals surface area contributed by atoms with E-state index in [1.54, 1.807) is 0 Å². The van der Waals surface area contributed by atoms with E-state index in [1.165, 1.54) is 0 Å². The Kier molecular flexibility index (Phi) is 6.58. The van der Waals surface area contributed by atoms with Crippen molar-refractivity contribution in [2.75, 3.05) is 6.54 Å². The number of primary amides is 1. The van der Waals surface area contributed by atoms with Crippen LogP contribution in [0.15, 0.2) is 5.11 Å². The molecule has 5 nitrogen and oxygen atoms in total. The number of amides is 1. The van der Waals surface area contributed by atoms with Crippen molar-refractivity contribution < 1.29 is 4.79 Å². The lowest BCUT2D eigenvalue weighted by Gasteiger charge is -2.14. The van der Waals surface area contributed by atoms with Crippen LogP contribution in [-0.2, 0) is 4.79 Å². The third kappa shape index (κ3) is 6.31. The van der Waals surface area contributed by atoms with E-state index in [0.717, 1.165) is 12.8 Å². The van der Waals surface area contributed by atoms with Crippen molar-refractivity contribution in [3.05, 3.63) is 10.4 Å². The lowest BCUT2D eigenvalue weighted by molar-refractivity contribution is -0.122. The van der Waals surface area contributed by atoms with Gasteiger partial charge in [-0.25, -0.2) is 0 Å². The van der Waals surface area contributed by atoms with Gasteiger partial charge in [-0.3, -0.25) is 4.79 Å². The monoisotopic (exact) mass is 198 g/mol. The van der Waals surface area contributed by atoms with E-state index >= 15 is 0 Å². The van der Waals surface area contributed by atoms with Crippen LogP contribution in [0.2, 0.25) is 0 Å². The normalized spacial score (nSPS) is 12.2. The molecule has 0 heterocycles. The van der Waals surface area contributed by atoms with Crippen LogP contribution in [0.1, 0.15) is 33.1 Å². The van der Waals surface area contributed by atoms with Gasteiger partial charge in [0.15, 0.2) is 0 Å². The minimum absolute atomic E-state index is 0.0797. The first-order valence-electron chi connectivity index (χ1n) is 4.88. The van der Waals surface area contributed by atoms with Gasteiger partial charge in [0, 0.05) is 17.4 Å². The van der Waals surface area contributed by atoms with Crippen LogP contribution in [0.3, 0.4) is 0 Å². The van der Waals surface area contributed by atoms with E-state index in [-0.39, 0.29) is 11.8 Å². The van der Waals surface area contributed by atoms with Crippen LogP contribution in [-0.4, -0.2) is 12.5 Å². The highest BCUT2D eigenvalue weighted by atomic mass is 16.1. The van der Waals surface area contributed by atoms with Gasteiger partial charge in [0.1, 0.15) is 0 Å². The topological polar surface area (TPSA) is 91.8 Å². The van der Waals surface area contributed by atoms with Crippen LogP contribution >= 0.6 is 0 Å². The highest BCUT2D eigenvalue weighted by Crippen LogP contribution is 2.16. The molecule has 0 aromatic carbocycles. The Morgan fingerprint density at radius 2 is 2.21 bits per heavy atom. The highest BCUT2D eigenvalue weighted by Gasteiger charge is 2.15. The molecule has 0 saturated carbocycles. The predicted molar refractivity (Wildman–Crippen MR) is 55.4 cm³/mol. The standard InChI is InChI=1S/C9H18N4O/c1-7(2)6-8(9(10)14)4-3-5-12-13-11/h7-8H,3-6H2,1-2H3,(H2,10,14). The van der Waals surface area contributed by atoms with Gasteiger partial charge in [-0.1, -0.05) is 19.0 Å². The van der Waals surface area contributed by atoms with Crippen molar-refractivity contribution in [2.45, 2.75) is 33.1 Å². The molecule has 1 unspecified atom stereocenters. The molecule has 0 aromatic heterocycles. The van der Waals surface area contributed by atoms with E-state index in [9.17, 15) is 4.79 Å². The molecule has 0 aliphatic rings. The van der Waals surface area contributed by atoms with E-state index in [2.05, 4.69) is 23.9 Å². The van der Waals surface area contributed by atoms with Crippen LogP contribution < -0.4 is 5.73 Å². The first-order valence-corrected chi connectivity index (χ1v) is 4.88. The molecule has 1 amide bonds. The number of nitrogens with two attached hydrogens (primary N) is 1. The van der Waals surface area contributed by atoms with Gasteiger partial charge >= 0.3 is 0 Å². The van der Waals surface area contributed by atoms with E-state index < -0.39 is 0 Å². The van der Waals surface area contributed by atoms with Gasteiger partial charge in [-0.15, -0.1) is 0 Å². The first-order chi connectivity index (χ1) is 6.57. The van der Waals surface area contributed by atoms with Crippen molar-refractivity contribution in [3.63, 3.8) is 0 Å². The maximum atomic E-state index is 11.0. The second kappa shape index (κ2) is 7.21. The highest BCUT2D eigenvalue weighted by molar-refractivity contribution is 5.76. The number of nitrogens with zero attached hydrogens (tertiary/aromatic N) is 3. The zero-order valence-electron chi connectivity index (χ0n) is 8.81. The predicted octanol–water partition coefficient (Wildman–Crippen LogP) is 2.22. The number of carbonyl (C=O) groups excluding carboxylic acids is 1. The van der Waals surface area contributed by atoms with Crippen LogP contribution in [0.25, 0.3) is 10.4 Å². The molecule has 0 radical (unpaired) electrons. The van der Waals surface area contributed by atoms with Crippen LogP contribution in [0, 0.1) is 11.8 Å². The lowest BCUT2D eigenvalue weighted by Crippen LogP contribution is -2.24. The van der Waals surface area contributed by atoms with Crippen molar-refractivity contribution in [2.24, 2.45) is 22.7 Å². The lowest BCUT2D eigenvalue weighted by atomic mass is 9.92. The molecule has 0 aromatic rings. The summed E-state index contributed by atoms with van der Waals surface area (Å²) in [5, 5.41) is 3.41. The Morgan fingerprint density at radius 1 is 1.57 bits per heavy atom. The SMILES string of the molecule is CC(C)CC(CCCN=[N+]=[N-])C(N)=O. The van der Waals surface area contributed by atoms with E-state index in [0.29, 0.717) is 18.9 Å². The Morgan fingerprint density at radius 3 is 2.64 bits per heavy atom. The summed E-state index contributed by atoms with van der Waals surface area (Å²) in [5.74, 6) is 0.135. The summed E-state index contributed by atoms with van der Waals surface area (Å²) in [6, 6.07) is 0. The fourth-order valence-corrected chi connectivity index (χ4v) is 1.40. The molecule has 0 spiro atoms. The van der Waals surface area contributed by atoms with Gasteiger partial charge in [0.05, 0.1) is 0 Å². The molecule has 1 atom stereocenters. The fraction of sp³-hybridized carbons (Fsp3) is 0.889. The molecule has 0 aliphatic heterocycles. The molecule has 0 bridgehead atoms. The molecule has 80 valence electrons. The largest absolute Gasteiger partial charge is 0.369 e. The van der Waals surface area contributed by atoms with Crippen molar-refractivity contribution in [1.29, 1.82) is 0 Å². The van der Waals surface area contributed by atoms with Crippen LogP contribution in [0.4, 0.5) is 0 Å². The van der Waals surface area contributed by atoms with Gasteiger partial charge < -0.3 is 5.73 Å². The molecule has 5 heteroatoms. The average molecular weight is 198 g/mol. The summed E-state index contributed by atoms with van der Waals surface area (Å²) < 4.78 is 0. The zero-order chi connectivity index (χ0) is 11.0. The van der Waals surface area contributed by atoms with Crippen molar-refractivity contribution in [1.82, 2.24) is 0 Å². The second-order valence-electron chi connectivity index (χ2n) is 3.83. The Balaban J connectivity index is 3.85. The number of carbonyl (C=O) groups is 1. The minimum Gasteiger partial charge on any atom is -0.369 e. The molecular formula is C9H18N4O.